The van der Waals surface area contributed by atoms with Crippen molar-refractivity contribution in [2.45, 2.75) is 51.9 Å². The van der Waals surface area contributed by atoms with E-state index in [0.29, 0.717) is 35.0 Å². The number of carboxylic acid groups (broad SMARTS) is 1. The van der Waals surface area contributed by atoms with Crippen LogP contribution in [0.1, 0.15) is 60.1 Å². The number of ketones is 1. The van der Waals surface area contributed by atoms with Crippen molar-refractivity contribution >= 4 is 45.8 Å². The van der Waals surface area contributed by atoms with Gasteiger partial charge < -0.3 is 15.7 Å². The van der Waals surface area contributed by atoms with Crippen LogP contribution in [-0.4, -0.2) is 40.3 Å². The van der Waals surface area contributed by atoms with E-state index in [2.05, 4.69) is 20.9 Å². The summed E-state index contributed by atoms with van der Waals surface area (Å²) in [5.41, 5.74) is 2.68. The van der Waals surface area contributed by atoms with Crippen LogP contribution in [0.15, 0.2) is 23.6 Å². The Morgan fingerprint density at radius 2 is 1.88 bits per heavy atom. The summed E-state index contributed by atoms with van der Waals surface area (Å²) in [6.45, 7) is 2.24. The second-order valence-corrected chi connectivity index (χ2v) is 8.97. The average Bonchev–Trinajstić information content (AvgIpc) is 3.45. The Labute approximate surface area is 196 Å². The highest BCUT2D eigenvalue weighted by Gasteiger charge is 2.26. The summed E-state index contributed by atoms with van der Waals surface area (Å²) in [6, 6.07) is 4.94. The Balaban J connectivity index is 1.52. The number of urea groups is 1. The van der Waals surface area contributed by atoms with Crippen LogP contribution >= 0.6 is 11.3 Å². The summed E-state index contributed by atoms with van der Waals surface area (Å²) in [5.74, 6) is -1.25. The second-order valence-electron chi connectivity index (χ2n) is 8.11. The van der Waals surface area contributed by atoms with Crippen LogP contribution in [0.25, 0.3) is 0 Å². The summed E-state index contributed by atoms with van der Waals surface area (Å²) in [6.07, 6.45) is 4.08. The summed E-state index contributed by atoms with van der Waals surface area (Å²) in [4.78, 5) is 51.9. The van der Waals surface area contributed by atoms with Crippen LogP contribution in [0, 0.1) is 12.8 Å². The smallest absolute Gasteiger partial charge is 0.325 e. The predicted molar refractivity (Wildman–Crippen MR) is 126 cm³/mol. The third kappa shape index (κ3) is 7.38. The van der Waals surface area contributed by atoms with E-state index in [1.54, 1.807) is 11.4 Å². The number of carbonyl (C=O) groups is 4. The molecule has 1 aliphatic carbocycles. The Morgan fingerprint density at radius 1 is 1.12 bits per heavy atom. The highest BCUT2D eigenvalue weighted by Crippen LogP contribution is 2.31. The molecule has 4 N–H and O–H groups in total. The molecule has 1 aromatic heterocycles. The Kier molecular flexibility index (Phi) is 8.53. The molecule has 0 unspecified atom stereocenters. The van der Waals surface area contributed by atoms with Crippen LogP contribution in [0.3, 0.4) is 0 Å². The van der Waals surface area contributed by atoms with Gasteiger partial charge in [-0.15, -0.1) is 11.3 Å². The lowest BCUT2D eigenvalue weighted by Gasteiger charge is -2.14. The monoisotopic (exact) mass is 472 g/mol. The topological polar surface area (TPSA) is 137 Å². The van der Waals surface area contributed by atoms with Gasteiger partial charge in [0.2, 0.25) is 5.91 Å². The zero-order chi connectivity index (χ0) is 23.8. The molecule has 33 heavy (non-hydrogen) atoms. The molecule has 176 valence electrons. The van der Waals surface area contributed by atoms with Crippen molar-refractivity contribution < 1.29 is 24.3 Å². The zero-order valence-electron chi connectivity index (χ0n) is 18.5. The summed E-state index contributed by atoms with van der Waals surface area (Å²) >= 11 is 1.25. The third-order valence-electron chi connectivity index (χ3n) is 5.46. The number of carboxylic acids is 1. The normalized spacial score (nSPS) is 13.5. The molecule has 2 aromatic rings. The van der Waals surface area contributed by atoms with Crippen LogP contribution < -0.4 is 16.0 Å². The zero-order valence-corrected chi connectivity index (χ0v) is 19.3. The molecular weight excluding hydrogens is 444 g/mol. The van der Waals surface area contributed by atoms with E-state index in [1.165, 1.54) is 11.3 Å². The van der Waals surface area contributed by atoms with Gasteiger partial charge in [0, 0.05) is 36.2 Å². The molecule has 0 aliphatic heterocycles. The van der Waals surface area contributed by atoms with Gasteiger partial charge in [0.1, 0.15) is 0 Å². The number of amides is 3. The molecular formula is C23H28N4O5S. The highest BCUT2D eigenvalue weighted by molar-refractivity contribution is 7.13. The lowest BCUT2D eigenvalue weighted by molar-refractivity contribution is -0.138. The quantitative estimate of drug-likeness (QED) is 0.386. The number of hydrogen-bond donors (Lipinski definition) is 4. The summed E-state index contributed by atoms with van der Waals surface area (Å²) < 4.78 is 0. The van der Waals surface area contributed by atoms with Gasteiger partial charge in [-0.25, -0.2) is 9.78 Å². The van der Waals surface area contributed by atoms with Crippen LogP contribution in [-0.2, 0) is 16.0 Å². The van der Waals surface area contributed by atoms with Crippen LogP contribution in [0.2, 0.25) is 0 Å². The van der Waals surface area contributed by atoms with Gasteiger partial charge in [-0.3, -0.25) is 19.7 Å². The Bertz CT molecular complexity index is 1030. The van der Waals surface area contributed by atoms with E-state index >= 15 is 0 Å². The maximum atomic E-state index is 12.9. The first-order chi connectivity index (χ1) is 15.8. The molecule has 1 fully saturated rings. The van der Waals surface area contributed by atoms with Crippen LogP contribution in [0.4, 0.5) is 15.6 Å². The average molecular weight is 473 g/mol. The van der Waals surface area contributed by atoms with E-state index in [9.17, 15) is 19.2 Å². The fourth-order valence-corrected chi connectivity index (χ4v) is 4.49. The minimum absolute atomic E-state index is 0.0153. The SMILES string of the molecule is Cc1ccc(NC(=O)Nc2nc(CCNC(=O)CCC(=O)O)cs2)c(C(=O)C2CCCC2)c1. The fraction of sp³-hybridized carbons (Fsp3) is 0.435. The molecule has 0 spiro atoms. The van der Waals surface area contributed by atoms with E-state index < -0.39 is 12.0 Å². The van der Waals surface area contributed by atoms with Crippen molar-refractivity contribution in [1.29, 1.82) is 0 Å². The number of benzene rings is 1. The van der Waals surface area contributed by atoms with Gasteiger partial charge in [-0.05, 0) is 31.9 Å². The summed E-state index contributed by atoms with van der Waals surface area (Å²) in [7, 11) is 0. The van der Waals surface area contributed by atoms with Gasteiger partial charge in [0.05, 0.1) is 17.8 Å². The molecule has 1 aromatic carbocycles. The third-order valence-corrected chi connectivity index (χ3v) is 6.26. The van der Waals surface area contributed by atoms with Crippen molar-refractivity contribution in [2.75, 3.05) is 17.2 Å². The molecule has 1 heterocycles. The molecule has 0 bridgehead atoms. The number of anilines is 2. The molecule has 1 aliphatic rings. The van der Waals surface area contributed by atoms with Gasteiger partial charge in [0.15, 0.2) is 10.9 Å². The number of aliphatic carboxylic acids is 1. The molecule has 0 atom stereocenters. The summed E-state index contributed by atoms with van der Waals surface area (Å²) in [5, 5.41) is 18.9. The minimum Gasteiger partial charge on any atom is -0.481 e. The maximum Gasteiger partial charge on any atom is 0.325 e. The van der Waals surface area contributed by atoms with Crippen LogP contribution in [0.5, 0.6) is 0 Å². The number of carbonyl (C=O) groups excluding carboxylic acids is 3. The standard InChI is InChI=1S/C23H28N4O5S/c1-14-6-7-18(17(12-14)21(31)15-4-2-3-5-15)26-22(32)27-23-25-16(13-33-23)10-11-24-19(28)8-9-20(29)30/h6-7,12-13,15H,2-5,8-11H2,1H3,(H,24,28)(H,29,30)(H2,25,26,27,32). The number of nitrogens with one attached hydrogen (secondary N) is 3. The molecule has 0 radical (unpaired) electrons. The van der Waals surface area contributed by atoms with Crippen molar-refractivity contribution in [3.8, 4) is 0 Å². The Morgan fingerprint density at radius 3 is 2.61 bits per heavy atom. The van der Waals surface area contributed by atoms with Crippen molar-refractivity contribution in [3.63, 3.8) is 0 Å². The van der Waals surface area contributed by atoms with E-state index in [0.717, 1.165) is 31.2 Å². The lowest BCUT2D eigenvalue weighted by Crippen LogP contribution is -2.26. The molecule has 10 heteroatoms. The number of nitrogens with zero attached hydrogens (tertiary/aromatic N) is 1. The predicted octanol–water partition coefficient (Wildman–Crippen LogP) is 3.99. The van der Waals surface area contributed by atoms with Crippen molar-refractivity contribution in [2.24, 2.45) is 5.92 Å². The van der Waals surface area contributed by atoms with Gasteiger partial charge in [-0.2, -0.15) is 0 Å². The molecule has 0 saturated heterocycles. The second kappa shape index (κ2) is 11.6. The molecule has 3 amide bonds. The number of aryl methyl sites for hydroxylation is 1. The first-order valence-electron chi connectivity index (χ1n) is 11.0. The molecule has 9 nitrogen and oxygen atoms in total. The van der Waals surface area contributed by atoms with Gasteiger partial charge >= 0.3 is 12.0 Å². The Hall–Kier alpha value is -3.27. The molecule has 3 rings (SSSR count). The first-order valence-corrected chi connectivity index (χ1v) is 11.9. The van der Waals surface area contributed by atoms with Gasteiger partial charge in [0.25, 0.3) is 0 Å². The van der Waals surface area contributed by atoms with Crippen molar-refractivity contribution in [3.05, 3.63) is 40.4 Å². The number of rotatable bonds is 10. The number of Topliss-reactive ketones (excluding diaryl/α,β-unsaturated/α-hetero) is 1. The number of hydrogen-bond acceptors (Lipinski definition) is 6. The van der Waals surface area contributed by atoms with Crippen molar-refractivity contribution in [1.82, 2.24) is 10.3 Å². The fourth-order valence-electron chi connectivity index (χ4n) is 3.75. The number of aromatic nitrogens is 1. The first kappa shape index (κ1) is 24.4. The van der Waals surface area contributed by atoms with Gasteiger partial charge in [-0.1, -0.05) is 24.5 Å². The molecule has 1 saturated carbocycles. The maximum absolute atomic E-state index is 12.9. The largest absolute Gasteiger partial charge is 0.481 e. The van der Waals surface area contributed by atoms with E-state index in [4.69, 9.17) is 5.11 Å². The number of thiazole rings is 1. The minimum atomic E-state index is -1.01. The highest BCUT2D eigenvalue weighted by atomic mass is 32.1. The van der Waals surface area contributed by atoms with E-state index in [-0.39, 0.29) is 30.4 Å². The lowest BCUT2D eigenvalue weighted by atomic mass is 9.94. The van der Waals surface area contributed by atoms with E-state index in [1.807, 2.05) is 19.1 Å².